The zero-order valence-corrected chi connectivity index (χ0v) is 11.9. The van der Waals surface area contributed by atoms with Gasteiger partial charge in [0.2, 0.25) is 0 Å². The summed E-state index contributed by atoms with van der Waals surface area (Å²) in [6, 6.07) is 6.06. The fourth-order valence-electron chi connectivity index (χ4n) is 1.59. The minimum atomic E-state index is 0.599. The van der Waals surface area contributed by atoms with Crippen LogP contribution in [0.2, 0.25) is 0 Å². The van der Waals surface area contributed by atoms with E-state index in [1.807, 2.05) is 12.1 Å². The summed E-state index contributed by atoms with van der Waals surface area (Å²) in [6.07, 6.45) is 4.16. The Hall–Kier alpha value is -1.60. The molecule has 1 N–H and O–H groups in total. The number of pyridine rings is 1. The van der Waals surface area contributed by atoms with Crippen LogP contribution in [0.3, 0.4) is 0 Å². The summed E-state index contributed by atoms with van der Waals surface area (Å²) in [6.45, 7) is 6.81. The molecule has 0 radical (unpaired) electrons. The van der Waals surface area contributed by atoms with Crippen molar-refractivity contribution in [1.82, 2.24) is 10.3 Å². The molecule has 0 unspecified atom stereocenters. The van der Waals surface area contributed by atoms with E-state index in [4.69, 9.17) is 10.00 Å². The van der Waals surface area contributed by atoms with Gasteiger partial charge in [0.1, 0.15) is 5.75 Å². The molecule has 4 nitrogen and oxygen atoms in total. The zero-order valence-electron chi connectivity index (χ0n) is 11.9. The lowest BCUT2D eigenvalue weighted by Crippen LogP contribution is -2.19. The van der Waals surface area contributed by atoms with Crippen molar-refractivity contribution in [1.29, 1.82) is 5.26 Å². The molecule has 1 aromatic heterocycles. The van der Waals surface area contributed by atoms with E-state index in [1.54, 1.807) is 6.20 Å². The Bertz CT molecular complexity index is 381. The highest BCUT2D eigenvalue weighted by Gasteiger charge is 1.98. The van der Waals surface area contributed by atoms with Gasteiger partial charge in [-0.25, -0.2) is 0 Å². The third-order valence-corrected chi connectivity index (χ3v) is 2.61. The van der Waals surface area contributed by atoms with Gasteiger partial charge < -0.3 is 10.1 Å². The van der Waals surface area contributed by atoms with Gasteiger partial charge in [0, 0.05) is 13.0 Å². The predicted octanol–water partition coefficient (Wildman–Crippen LogP) is 2.90. The zero-order chi connectivity index (χ0) is 13.9. The number of ether oxygens (including phenoxy) is 1. The molecule has 0 aliphatic carbocycles. The van der Waals surface area contributed by atoms with Gasteiger partial charge in [-0.15, -0.1) is 0 Å². The van der Waals surface area contributed by atoms with E-state index in [0.29, 0.717) is 18.9 Å². The Labute approximate surface area is 115 Å². The summed E-state index contributed by atoms with van der Waals surface area (Å²) >= 11 is 0. The molecule has 104 valence electrons. The van der Waals surface area contributed by atoms with Crippen LogP contribution in [-0.2, 0) is 6.54 Å². The van der Waals surface area contributed by atoms with Crippen LogP contribution >= 0.6 is 0 Å². The number of hydrogen-bond acceptors (Lipinski definition) is 4. The van der Waals surface area contributed by atoms with Gasteiger partial charge in [0.25, 0.3) is 0 Å². The molecule has 0 bridgehead atoms. The van der Waals surface area contributed by atoms with E-state index in [1.165, 1.54) is 0 Å². The van der Waals surface area contributed by atoms with Crippen LogP contribution in [-0.4, -0.2) is 18.1 Å². The normalized spacial score (nSPS) is 10.4. The molecule has 1 heterocycles. The summed E-state index contributed by atoms with van der Waals surface area (Å²) in [5.74, 6) is 1.44. The summed E-state index contributed by atoms with van der Waals surface area (Å²) < 4.78 is 5.56. The average molecular weight is 261 g/mol. The monoisotopic (exact) mass is 261 g/mol. The van der Waals surface area contributed by atoms with Crippen LogP contribution in [0.15, 0.2) is 18.3 Å². The molecule has 0 amide bonds. The maximum Gasteiger partial charge on any atom is 0.137 e. The van der Waals surface area contributed by atoms with Crippen molar-refractivity contribution < 1.29 is 4.74 Å². The second kappa shape index (κ2) is 9.35. The Morgan fingerprint density at radius 1 is 1.37 bits per heavy atom. The lowest BCUT2D eigenvalue weighted by Gasteiger charge is -2.08. The van der Waals surface area contributed by atoms with Crippen molar-refractivity contribution in [2.75, 3.05) is 13.2 Å². The van der Waals surface area contributed by atoms with Crippen molar-refractivity contribution in [2.45, 2.75) is 39.7 Å². The summed E-state index contributed by atoms with van der Waals surface area (Å²) in [5, 5.41) is 11.8. The highest BCUT2D eigenvalue weighted by atomic mass is 16.5. The molecular formula is C15H23N3O. The van der Waals surface area contributed by atoms with E-state index in [-0.39, 0.29) is 0 Å². The van der Waals surface area contributed by atoms with Crippen molar-refractivity contribution >= 4 is 0 Å². The molecule has 1 aromatic rings. The maximum absolute atomic E-state index is 8.41. The molecule has 0 aliphatic heterocycles. The maximum atomic E-state index is 8.41. The second-order valence-electron chi connectivity index (χ2n) is 4.97. The van der Waals surface area contributed by atoms with Crippen LogP contribution < -0.4 is 10.1 Å². The van der Waals surface area contributed by atoms with Gasteiger partial charge in [-0.1, -0.05) is 13.8 Å². The van der Waals surface area contributed by atoms with Crippen LogP contribution in [0, 0.1) is 17.2 Å². The largest absolute Gasteiger partial charge is 0.492 e. The number of aromatic nitrogens is 1. The number of nitrogens with one attached hydrogen (secondary N) is 1. The number of rotatable bonds is 9. The Kier molecular flexibility index (Phi) is 7.60. The SMILES string of the molecule is CC(C)CNCc1ccc(OCCCCC#N)cn1. The topological polar surface area (TPSA) is 57.9 Å². The quantitative estimate of drug-likeness (QED) is 0.694. The predicted molar refractivity (Wildman–Crippen MR) is 75.7 cm³/mol. The van der Waals surface area contributed by atoms with Gasteiger partial charge in [-0.2, -0.15) is 5.26 Å². The standard InChI is InChI=1S/C15H23N3O/c1-13(2)10-17-11-14-6-7-15(12-18-14)19-9-5-3-4-8-16/h6-7,12-13,17H,3-5,9-11H2,1-2H3. The summed E-state index contributed by atoms with van der Waals surface area (Å²) in [5.41, 5.74) is 1.03. The molecule has 1 rings (SSSR count). The minimum Gasteiger partial charge on any atom is -0.492 e. The van der Waals surface area contributed by atoms with Crippen molar-refractivity contribution in [3.05, 3.63) is 24.0 Å². The highest BCUT2D eigenvalue weighted by Crippen LogP contribution is 2.10. The Morgan fingerprint density at radius 2 is 2.21 bits per heavy atom. The third-order valence-electron chi connectivity index (χ3n) is 2.61. The molecule has 0 aromatic carbocycles. The van der Waals surface area contributed by atoms with Crippen LogP contribution in [0.25, 0.3) is 0 Å². The van der Waals surface area contributed by atoms with Crippen molar-refractivity contribution in [3.8, 4) is 11.8 Å². The lowest BCUT2D eigenvalue weighted by atomic mass is 10.2. The van der Waals surface area contributed by atoms with Gasteiger partial charge in [-0.05, 0) is 37.4 Å². The summed E-state index contributed by atoms with van der Waals surface area (Å²) in [7, 11) is 0. The van der Waals surface area contributed by atoms with Crippen molar-refractivity contribution in [3.63, 3.8) is 0 Å². The number of unbranched alkanes of at least 4 members (excludes halogenated alkanes) is 2. The van der Waals surface area contributed by atoms with E-state index >= 15 is 0 Å². The smallest absolute Gasteiger partial charge is 0.137 e. The molecule has 0 spiro atoms. The molecule has 0 fully saturated rings. The molecular weight excluding hydrogens is 238 g/mol. The average Bonchev–Trinajstić information content (AvgIpc) is 2.40. The molecule has 4 heteroatoms. The number of hydrogen-bond donors (Lipinski definition) is 1. The van der Waals surface area contributed by atoms with Gasteiger partial charge in [0.15, 0.2) is 0 Å². The minimum absolute atomic E-state index is 0.599. The van der Waals surface area contributed by atoms with Crippen molar-refractivity contribution in [2.24, 2.45) is 5.92 Å². The van der Waals surface area contributed by atoms with E-state index < -0.39 is 0 Å². The number of nitriles is 1. The first-order valence-corrected chi connectivity index (χ1v) is 6.87. The van der Waals surface area contributed by atoms with Crippen LogP contribution in [0.5, 0.6) is 5.75 Å². The first-order valence-electron chi connectivity index (χ1n) is 6.87. The van der Waals surface area contributed by atoms with Crippen LogP contribution in [0.1, 0.15) is 38.8 Å². The molecule has 0 saturated heterocycles. The van der Waals surface area contributed by atoms with Gasteiger partial charge in [-0.3, -0.25) is 4.98 Å². The fraction of sp³-hybridized carbons (Fsp3) is 0.600. The third kappa shape index (κ3) is 7.43. The van der Waals surface area contributed by atoms with E-state index in [2.05, 4.69) is 30.2 Å². The van der Waals surface area contributed by atoms with E-state index in [0.717, 1.165) is 37.4 Å². The second-order valence-corrected chi connectivity index (χ2v) is 4.97. The Morgan fingerprint density at radius 3 is 2.84 bits per heavy atom. The lowest BCUT2D eigenvalue weighted by molar-refractivity contribution is 0.306. The molecule has 0 saturated carbocycles. The number of nitrogens with zero attached hydrogens (tertiary/aromatic N) is 2. The van der Waals surface area contributed by atoms with E-state index in [9.17, 15) is 0 Å². The highest BCUT2D eigenvalue weighted by molar-refractivity contribution is 5.19. The molecule has 0 atom stereocenters. The fourth-order valence-corrected chi connectivity index (χ4v) is 1.59. The summed E-state index contributed by atoms with van der Waals surface area (Å²) in [4.78, 5) is 4.35. The molecule has 0 aliphatic rings. The first-order chi connectivity index (χ1) is 9.22. The van der Waals surface area contributed by atoms with Gasteiger partial charge in [0.05, 0.1) is 24.6 Å². The van der Waals surface area contributed by atoms with Crippen LogP contribution in [0.4, 0.5) is 0 Å². The molecule has 19 heavy (non-hydrogen) atoms. The van der Waals surface area contributed by atoms with Gasteiger partial charge >= 0.3 is 0 Å². The first kappa shape index (κ1) is 15.5. The Balaban J connectivity index is 2.22.